The molecule has 2 aliphatic carbocycles. The normalized spacial score (nSPS) is 17.5. The highest BCUT2D eigenvalue weighted by molar-refractivity contribution is 7.55. The molecule has 0 spiro atoms. The van der Waals surface area contributed by atoms with E-state index in [1.807, 2.05) is 0 Å². The summed E-state index contributed by atoms with van der Waals surface area (Å²) in [5.41, 5.74) is -4.64. The van der Waals surface area contributed by atoms with Crippen LogP contribution in [0.5, 0.6) is 0 Å². The maximum absolute atomic E-state index is 13.0. The van der Waals surface area contributed by atoms with Gasteiger partial charge in [-0.1, -0.05) is 12.8 Å². The molecule has 1 atom stereocenters. The maximum Gasteiger partial charge on any atom is 0.343 e. The molecule has 1 amide bonds. The second-order valence-corrected chi connectivity index (χ2v) is 12.6. The van der Waals surface area contributed by atoms with E-state index in [9.17, 15) is 28.8 Å². The van der Waals surface area contributed by atoms with E-state index in [2.05, 4.69) is 10.6 Å². The first-order valence-electron chi connectivity index (χ1n) is 15.1. The number of esters is 2. The molecular formula is C28H51N2O10P. The van der Waals surface area contributed by atoms with E-state index in [1.54, 1.807) is 0 Å². The van der Waals surface area contributed by atoms with Crippen LogP contribution in [0, 0.1) is 0 Å². The minimum Gasteiger partial charge on any atom is -0.549 e. The smallest absolute Gasteiger partial charge is 0.343 e. The average Bonchev–Trinajstić information content (AvgIpc) is 2.92. The van der Waals surface area contributed by atoms with E-state index in [4.69, 9.17) is 18.5 Å². The lowest BCUT2D eigenvalue weighted by Crippen LogP contribution is -2.95. The Balaban J connectivity index is 0.000000528. The second-order valence-electron chi connectivity index (χ2n) is 10.4. The summed E-state index contributed by atoms with van der Waals surface area (Å²) in [7, 11) is -4.37. The number of ether oxygens (including phenoxy) is 2. The van der Waals surface area contributed by atoms with Crippen molar-refractivity contribution in [3.8, 4) is 0 Å². The third-order valence-electron chi connectivity index (χ3n) is 7.25. The van der Waals surface area contributed by atoms with Gasteiger partial charge < -0.3 is 39.1 Å². The van der Waals surface area contributed by atoms with Crippen molar-refractivity contribution < 1.29 is 52.7 Å². The van der Waals surface area contributed by atoms with Gasteiger partial charge in [-0.25, -0.2) is 9.59 Å². The highest BCUT2D eigenvalue weighted by atomic mass is 31.2. The first-order valence-corrected chi connectivity index (χ1v) is 16.7. The van der Waals surface area contributed by atoms with Crippen LogP contribution in [-0.2, 0) is 42.3 Å². The van der Waals surface area contributed by atoms with Crippen molar-refractivity contribution in [1.82, 2.24) is 5.32 Å². The zero-order valence-electron chi connectivity index (χ0n) is 25.4. The molecule has 0 saturated heterocycles. The van der Waals surface area contributed by atoms with Gasteiger partial charge in [0.05, 0.1) is 44.5 Å². The van der Waals surface area contributed by atoms with Gasteiger partial charge in [0.15, 0.2) is 0 Å². The number of nitrogens with two attached hydrogens (primary N) is 1. The lowest BCUT2D eigenvalue weighted by Gasteiger charge is -2.35. The number of quaternary nitrogens is 1. The topological polar surface area (TPSA) is 174 Å². The van der Waals surface area contributed by atoms with E-state index in [0.29, 0.717) is 0 Å². The number of nitrogens with one attached hydrogen (secondary N) is 1. The molecule has 0 aliphatic heterocycles. The van der Waals surface area contributed by atoms with E-state index < -0.39 is 49.0 Å². The Labute approximate surface area is 244 Å². The van der Waals surface area contributed by atoms with E-state index >= 15 is 0 Å². The lowest BCUT2D eigenvalue weighted by molar-refractivity contribution is -0.725. The molecule has 0 bridgehead atoms. The zero-order chi connectivity index (χ0) is 30.9. The molecule has 0 heterocycles. The minimum atomic E-state index is -4.37. The highest BCUT2D eigenvalue weighted by Crippen LogP contribution is 2.55. The first kappa shape index (κ1) is 37.0. The van der Waals surface area contributed by atoms with Crippen molar-refractivity contribution in [1.29, 1.82) is 0 Å². The first-order chi connectivity index (χ1) is 19.5. The van der Waals surface area contributed by atoms with Gasteiger partial charge >= 0.3 is 19.5 Å². The average molecular weight is 607 g/mol. The van der Waals surface area contributed by atoms with Crippen LogP contribution in [0.15, 0.2) is 0 Å². The summed E-state index contributed by atoms with van der Waals surface area (Å²) in [6, 6.07) is 1.99. The molecule has 12 nitrogen and oxygen atoms in total. The number of carbonyl (C=O) groups excluding carboxylic acids is 4. The summed E-state index contributed by atoms with van der Waals surface area (Å²) in [6.45, 7) is 6.11. The highest BCUT2D eigenvalue weighted by Gasteiger charge is 2.55. The van der Waals surface area contributed by atoms with Gasteiger partial charge in [-0.05, 0) is 79.1 Å². The molecule has 1 unspecified atom stereocenters. The summed E-state index contributed by atoms with van der Waals surface area (Å²) >= 11 is 0. The third kappa shape index (κ3) is 12.0. The van der Waals surface area contributed by atoms with Gasteiger partial charge in [0.25, 0.3) is 0 Å². The van der Waals surface area contributed by atoms with Crippen LogP contribution in [0.2, 0.25) is 0 Å². The number of carboxylic acids is 1. The van der Waals surface area contributed by atoms with Crippen LogP contribution in [0.3, 0.4) is 0 Å². The number of aliphatic carboxylic acids is 1. The molecule has 238 valence electrons. The Hall–Kier alpha value is -2.01. The fourth-order valence-corrected chi connectivity index (χ4v) is 7.35. The molecular weight excluding hydrogens is 555 g/mol. The summed E-state index contributed by atoms with van der Waals surface area (Å²) in [5, 5.41) is 16.6. The van der Waals surface area contributed by atoms with E-state index in [-0.39, 0.29) is 26.4 Å². The summed E-state index contributed by atoms with van der Waals surface area (Å²) in [4.78, 5) is 48.7. The molecule has 2 aliphatic rings. The number of carboxylic acid groups (broad SMARTS) is 1. The van der Waals surface area contributed by atoms with Crippen LogP contribution >= 0.6 is 7.60 Å². The van der Waals surface area contributed by atoms with Crippen LogP contribution in [0.25, 0.3) is 0 Å². The Morgan fingerprint density at radius 1 is 0.805 bits per heavy atom. The van der Waals surface area contributed by atoms with Crippen LogP contribution < -0.4 is 15.7 Å². The predicted molar refractivity (Wildman–Crippen MR) is 150 cm³/mol. The van der Waals surface area contributed by atoms with Crippen LogP contribution in [0.1, 0.15) is 105 Å². The van der Waals surface area contributed by atoms with Gasteiger partial charge in [-0.2, -0.15) is 0 Å². The number of carbonyl (C=O) groups is 4. The van der Waals surface area contributed by atoms with Crippen LogP contribution in [-0.4, -0.2) is 73.5 Å². The molecule has 0 radical (unpaired) electrons. The summed E-state index contributed by atoms with van der Waals surface area (Å²) in [6.07, 6.45) is 13.9. The molecule has 2 saturated carbocycles. The van der Waals surface area contributed by atoms with Gasteiger partial charge in [0.2, 0.25) is 11.4 Å². The van der Waals surface area contributed by atoms with Crippen molar-refractivity contribution in [2.45, 2.75) is 129 Å². The van der Waals surface area contributed by atoms with E-state index in [1.165, 1.54) is 91.9 Å². The summed E-state index contributed by atoms with van der Waals surface area (Å²) < 4.78 is 32.7. The Morgan fingerprint density at radius 3 is 1.54 bits per heavy atom. The molecule has 41 heavy (non-hydrogen) atoms. The molecule has 3 N–H and O–H groups in total. The number of amides is 1. The molecule has 0 aromatic heterocycles. The molecule has 2 fully saturated rings. The Morgan fingerprint density at radius 2 is 1.22 bits per heavy atom. The van der Waals surface area contributed by atoms with Gasteiger partial charge in [0, 0.05) is 13.3 Å². The second kappa shape index (κ2) is 19.2. The van der Waals surface area contributed by atoms with Gasteiger partial charge in [-0.15, -0.1) is 0 Å². The predicted octanol–water partition coefficient (Wildman–Crippen LogP) is 1.98. The maximum atomic E-state index is 13.0. The zero-order valence-corrected chi connectivity index (χ0v) is 26.3. The Kier molecular flexibility index (Phi) is 17.4. The molecule has 13 heteroatoms. The van der Waals surface area contributed by atoms with E-state index in [0.717, 1.165) is 19.0 Å². The van der Waals surface area contributed by atoms with Crippen molar-refractivity contribution in [3.63, 3.8) is 0 Å². The number of hydrogen-bond acceptors (Lipinski definition) is 10. The molecule has 2 rings (SSSR count). The molecule has 0 aromatic rings. The quantitative estimate of drug-likeness (QED) is 0.159. The largest absolute Gasteiger partial charge is 0.549 e. The lowest BCUT2D eigenvalue weighted by atomic mass is 9.91. The van der Waals surface area contributed by atoms with Crippen molar-refractivity contribution >= 4 is 31.4 Å². The third-order valence-corrected chi connectivity index (χ3v) is 9.65. The van der Waals surface area contributed by atoms with Gasteiger partial charge in [0.1, 0.15) is 5.66 Å². The van der Waals surface area contributed by atoms with Crippen molar-refractivity contribution in [2.75, 3.05) is 26.4 Å². The standard InChI is InChI=1S/C16H28NO10P.C12H23N/c1-6-24-14(21)16(17-11(5)18,15(22)25-7-2)10-12(13(19)20)28(23,26-8-3)27-9-4;1-3-7-11(8-4-1)13-12-9-5-2-6-10-12/h12H,6-10H2,1-5H3,(H,17,18)(H,19,20);11-13H,1-10H2. The van der Waals surface area contributed by atoms with Crippen molar-refractivity contribution in [3.05, 3.63) is 0 Å². The minimum absolute atomic E-state index is 0.174. The number of rotatable bonds is 15. The fraction of sp³-hybridized carbons (Fsp3) is 0.857. The monoisotopic (exact) mass is 606 g/mol. The fourth-order valence-electron chi connectivity index (χ4n) is 5.44. The Bertz CT molecular complexity index is 828. The summed E-state index contributed by atoms with van der Waals surface area (Å²) in [5.74, 6) is -5.28. The van der Waals surface area contributed by atoms with Gasteiger partial charge in [-0.3, -0.25) is 9.36 Å². The number of hydrogen-bond donors (Lipinski definition) is 2. The van der Waals surface area contributed by atoms with Crippen molar-refractivity contribution in [2.24, 2.45) is 0 Å². The van der Waals surface area contributed by atoms with Crippen LogP contribution in [0.4, 0.5) is 0 Å². The SMILES string of the molecule is C1CCC([NH2+]C2CCCCC2)CC1.CCOC(=O)C(CC(C(=O)[O-])P(=O)(OCC)OCC)(NC(C)=O)C(=O)OCC. The molecule has 0 aromatic carbocycles.